The van der Waals surface area contributed by atoms with Gasteiger partial charge in [-0.2, -0.15) is 0 Å². The van der Waals surface area contributed by atoms with Gasteiger partial charge in [-0.05, 0) is 31.7 Å². The van der Waals surface area contributed by atoms with Crippen molar-refractivity contribution in [2.45, 2.75) is 64.2 Å². The maximum absolute atomic E-state index is 12.6. The van der Waals surface area contributed by atoms with E-state index in [0.29, 0.717) is 5.78 Å². The number of rotatable bonds is 1. The molecular formula is C18H24O. The highest BCUT2D eigenvalue weighted by Gasteiger charge is 2.52. The van der Waals surface area contributed by atoms with Crippen molar-refractivity contribution in [3.63, 3.8) is 0 Å². The zero-order chi connectivity index (χ0) is 13.5. The Morgan fingerprint density at radius 1 is 1.00 bits per heavy atom. The van der Waals surface area contributed by atoms with Crippen molar-refractivity contribution in [1.29, 1.82) is 0 Å². The van der Waals surface area contributed by atoms with Crippen LogP contribution >= 0.6 is 0 Å². The van der Waals surface area contributed by atoms with E-state index >= 15 is 0 Å². The van der Waals surface area contributed by atoms with E-state index in [1.807, 2.05) is 0 Å². The molecule has 1 heteroatoms. The largest absolute Gasteiger partial charge is 0.299 e. The second kappa shape index (κ2) is 4.47. The summed E-state index contributed by atoms with van der Waals surface area (Å²) in [6, 6.07) is 8.81. The molecule has 1 spiro atoms. The first-order valence-corrected chi connectivity index (χ1v) is 7.65. The Morgan fingerprint density at radius 3 is 2.26 bits per heavy atom. The number of carbonyl (C=O) groups is 1. The lowest BCUT2D eigenvalue weighted by atomic mass is 9.69. The Bertz CT molecular complexity index is 479. The molecule has 0 amide bonds. The van der Waals surface area contributed by atoms with Gasteiger partial charge in [-0.15, -0.1) is 0 Å². The predicted octanol–water partition coefficient (Wildman–Crippen LogP) is 4.57. The summed E-state index contributed by atoms with van der Waals surface area (Å²) in [5.74, 6) is 0.537. The highest BCUT2D eigenvalue weighted by atomic mass is 16.1. The van der Waals surface area contributed by atoms with Crippen LogP contribution in [0.25, 0.3) is 0 Å². The lowest BCUT2D eigenvalue weighted by Gasteiger charge is -2.34. The molecular weight excluding hydrogens is 232 g/mol. The highest BCUT2D eigenvalue weighted by molar-refractivity contribution is 5.89. The molecule has 1 aromatic rings. The van der Waals surface area contributed by atoms with Crippen molar-refractivity contribution in [2.75, 3.05) is 0 Å². The fourth-order valence-corrected chi connectivity index (χ4v) is 4.29. The van der Waals surface area contributed by atoms with Crippen molar-refractivity contribution in [3.05, 3.63) is 35.4 Å². The van der Waals surface area contributed by atoms with Gasteiger partial charge in [0.05, 0.1) is 0 Å². The van der Waals surface area contributed by atoms with Gasteiger partial charge in [0.1, 0.15) is 5.78 Å². The Balaban J connectivity index is 1.90. The fourth-order valence-electron chi connectivity index (χ4n) is 4.29. The molecule has 0 radical (unpaired) electrons. The van der Waals surface area contributed by atoms with Crippen molar-refractivity contribution in [2.24, 2.45) is 5.41 Å². The molecule has 19 heavy (non-hydrogen) atoms. The summed E-state index contributed by atoms with van der Waals surface area (Å²) in [5, 5.41) is 0. The molecule has 2 fully saturated rings. The normalized spacial score (nSPS) is 29.9. The molecule has 1 nitrogen and oxygen atoms in total. The third-order valence-corrected chi connectivity index (χ3v) is 5.43. The molecule has 1 atom stereocenters. The van der Waals surface area contributed by atoms with E-state index in [9.17, 15) is 4.79 Å². The maximum Gasteiger partial charge on any atom is 0.139 e. The van der Waals surface area contributed by atoms with E-state index in [0.717, 1.165) is 25.7 Å². The molecule has 0 N–H and O–H groups in total. The summed E-state index contributed by atoms with van der Waals surface area (Å²) in [4.78, 5) is 12.6. The van der Waals surface area contributed by atoms with Crippen LogP contribution in [0.4, 0.5) is 0 Å². The summed E-state index contributed by atoms with van der Waals surface area (Å²) in [6.45, 7) is 4.41. The number of carbonyl (C=O) groups excluding carboxylic acids is 1. The van der Waals surface area contributed by atoms with Gasteiger partial charge >= 0.3 is 0 Å². The lowest BCUT2D eigenvalue weighted by molar-refractivity contribution is -0.127. The molecule has 0 aromatic heterocycles. The molecule has 2 aliphatic rings. The van der Waals surface area contributed by atoms with Gasteiger partial charge in [0.15, 0.2) is 0 Å². The van der Waals surface area contributed by atoms with Crippen molar-refractivity contribution >= 4 is 5.78 Å². The summed E-state index contributed by atoms with van der Waals surface area (Å²) in [7, 11) is 0. The first-order valence-electron chi connectivity index (χ1n) is 7.65. The molecule has 0 saturated heterocycles. The van der Waals surface area contributed by atoms with Crippen LogP contribution < -0.4 is 0 Å². The third kappa shape index (κ3) is 2.13. The van der Waals surface area contributed by atoms with Crippen LogP contribution in [0.5, 0.6) is 0 Å². The first-order chi connectivity index (χ1) is 9.04. The van der Waals surface area contributed by atoms with Crippen LogP contribution in [0.2, 0.25) is 0 Å². The van der Waals surface area contributed by atoms with Gasteiger partial charge in [0.2, 0.25) is 0 Å². The van der Waals surface area contributed by atoms with Crippen LogP contribution in [-0.2, 0) is 10.2 Å². The highest BCUT2D eigenvalue weighted by Crippen LogP contribution is 2.54. The Labute approximate surface area is 116 Å². The van der Waals surface area contributed by atoms with E-state index in [-0.39, 0.29) is 10.8 Å². The second-order valence-corrected chi connectivity index (χ2v) is 7.04. The van der Waals surface area contributed by atoms with Gasteiger partial charge in [0, 0.05) is 17.3 Å². The van der Waals surface area contributed by atoms with Crippen molar-refractivity contribution in [1.82, 2.24) is 0 Å². The van der Waals surface area contributed by atoms with Gasteiger partial charge in [-0.25, -0.2) is 0 Å². The summed E-state index contributed by atoms with van der Waals surface area (Å²) < 4.78 is 0. The van der Waals surface area contributed by atoms with Crippen LogP contribution in [0.3, 0.4) is 0 Å². The number of Topliss-reactive ketones (excluding diaryl/α,β-unsaturated/α-hetero) is 1. The molecule has 0 bridgehead atoms. The second-order valence-electron chi connectivity index (χ2n) is 7.04. The zero-order valence-electron chi connectivity index (χ0n) is 12.2. The molecule has 102 valence electrons. The molecule has 1 aromatic carbocycles. The zero-order valence-corrected chi connectivity index (χ0v) is 12.2. The average Bonchev–Trinajstić information content (AvgIpc) is 2.63. The lowest BCUT2D eigenvalue weighted by Crippen LogP contribution is -2.29. The Morgan fingerprint density at radius 2 is 1.63 bits per heavy atom. The Hall–Kier alpha value is -1.11. The monoisotopic (exact) mass is 256 g/mol. The fraction of sp³-hybridized carbons (Fsp3) is 0.611. The van der Waals surface area contributed by atoms with Gasteiger partial charge in [-0.1, -0.05) is 56.0 Å². The number of ketones is 1. The van der Waals surface area contributed by atoms with E-state index in [1.54, 1.807) is 0 Å². The van der Waals surface area contributed by atoms with Crippen LogP contribution in [0, 0.1) is 12.3 Å². The third-order valence-electron chi connectivity index (χ3n) is 5.43. The summed E-state index contributed by atoms with van der Waals surface area (Å²) in [6.07, 6.45) is 7.89. The predicted molar refractivity (Wildman–Crippen MR) is 78.3 cm³/mol. The SMILES string of the molecule is Cc1ccc(C2(C)CC(=O)C3(CCCCC3)C2)cc1. The molecule has 3 rings (SSSR count). The maximum atomic E-state index is 12.6. The number of hydrogen-bond donors (Lipinski definition) is 0. The average molecular weight is 256 g/mol. The van der Waals surface area contributed by atoms with Crippen LogP contribution in [0.15, 0.2) is 24.3 Å². The standard InChI is InChI=1S/C18H24O/c1-14-6-8-15(9-7-14)17(2)12-16(19)18(13-17)10-4-3-5-11-18/h6-9H,3-5,10-13H2,1-2H3. The molecule has 2 saturated carbocycles. The smallest absolute Gasteiger partial charge is 0.139 e. The number of benzene rings is 1. The summed E-state index contributed by atoms with van der Waals surface area (Å²) >= 11 is 0. The van der Waals surface area contributed by atoms with Crippen LogP contribution in [0.1, 0.15) is 63.0 Å². The number of aryl methyl sites for hydroxylation is 1. The minimum absolute atomic E-state index is 0.0257. The topological polar surface area (TPSA) is 17.1 Å². The molecule has 2 aliphatic carbocycles. The van der Waals surface area contributed by atoms with Crippen LogP contribution in [-0.4, -0.2) is 5.78 Å². The molecule has 0 aliphatic heterocycles. The van der Waals surface area contributed by atoms with Gasteiger partial charge in [0.25, 0.3) is 0 Å². The first kappa shape index (κ1) is 12.9. The minimum atomic E-state index is 0.0257. The minimum Gasteiger partial charge on any atom is -0.299 e. The van der Waals surface area contributed by atoms with E-state index in [1.165, 1.54) is 30.4 Å². The molecule has 1 unspecified atom stereocenters. The van der Waals surface area contributed by atoms with Crippen molar-refractivity contribution < 1.29 is 4.79 Å². The van der Waals surface area contributed by atoms with Gasteiger partial charge < -0.3 is 0 Å². The number of hydrogen-bond acceptors (Lipinski definition) is 1. The quantitative estimate of drug-likeness (QED) is 0.719. The van der Waals surface area contributed by atoms with Crippen molar-refractivity contribution in [3.8, 4) is 0 Å². The van der Waals surface area contributed by atoms with E-state index < -0.39 is 0 Å². The molecule has 0 heterocycles. The van der Waals surface area contributed by atoms with Gasteiger partial charge in [-0.3, -0.25) is 4.79 Å². The van der Waals surface area contributed by atoms with E-state index in [4.69, 9.17) is 0 Å². The summed E-state index contributed by atoms with van der Waals surface area (Å²) in [5.41, 5.74) is 2.75. The Kier molecular flexibility index (Phi) is 3.03. The van der Waals surface area contributed by atoms with E-state index in [2.05, 4.69) is 38.1 Å².